The van der Waals surface area contributed by atoms with Gasteiger partial charge in [0.05, 0.1) is 11.6 Å². The molecule has 1 aliphatic rings. The van der Waals surface area contributed by atoms with Crippen LogP contribution in [-0.2, 0) is 4.79 Å². The number of imide groups is 1. The summed E-state index contributed by atoms with van der Waals surface area (Å²) in [7, 11) is 0. The number of urea groups is 1. The highest BCUT2D eigenvalue weighted by molar-refractivity contribution is 5.97. The van der Waals surface area contributed by atoms with Crippen molar-refractivity contribution in [1.82, 2.24) is 20.4 Å². The van der Waals surface area contributed by atoms with Gasteiger partial charge in [0.25, 0.3) is 5.91 Å². The maximum Gasteiger partial charge on any atom is 0.321 e. The number of carbonyl (C=O) groups excluding carboxylic acids is 3. The molecule has 1 heterocycles. The van der Waals surface area contributed by atoms with E-state index in [0.29, 0.717) is 32.7 Å². The van der Waals surface area contributed by atoms with Crippen LogP contribution >= 0.6 is 0 Å². The number of piperazine rings is 1. The standard InChI is InChI=1S/C17H23FN4O3/c1-3-19-17(25)20-15(23)12(2)21-8-10-22(11-9-21)16(24)13-6-4-5-7-14(13)18/h4-7,12H,3,8-11H2,1-2H3,(H2,19,20,23,25). The molecule has 0 saturated carbocycles. The normalized spacial score (nSPS) is 16.2. The van der Waals surface area contributed by atoms with E-state index in [1.165, 1.54) is 12.1 Å². The number of halogens is 1. The quantitative estimate of drug-likeness (QED) is 0.842. The molecule has 2 rings (SSSR count). The molecule has 8 heteroatoms. The lowest BCUT2D eigenvalue weighted by atomic mass is 10.1. The molecule has 0 radical (unpaired) electrons. The summed E-state index contributed by atoms with van der Waals surface area (Å²) in [4.78, 5) is 39.3. The minimum absolute atomic E-state index is 0.0537. The van der Waals surface area contributed by atoms with Crippen LogP contribution in [-0.4, -0.2) is 66.4 Å². The summed E-state index contributed by atoms with van der Waals surface area (Å²) in [5, 5.41) is 4.79. The monoisotopic (exact) mass is 350 g/mol. The molecule has 0 aromatic heterocycles. The first-order valence-electron chi connectivity index (χ1n) is 8.30. The number of hydrogen-bond donors (Lipinski definition) is 2. The van der Waals surface area contributed by atoms with E-state index < -0.39 is 17.9 Å². The average molecular weight is 350 g/mol. The van der Waals surface area contributed by atoms with Gasteiger partial charge in [-0.1, -0.05) is 12.1 Å². The Morgan fingerprint density at radius 1 is 1.16 bits per heavy atom. The Morgan fingerprint density at radius 2 is 1.80 bits per heavy atom. The van der Waals surface area contributed by atoms with Crippen LogP contribution in [0.4, 0.5) is 9.18 Å². The maximum atomic E-state index is 13.7. The molecule has 1 unspecified atom stereocenters. The highest BCUT2D eigenvalue weighted by Gasteiger charge is 2.29. The van der Waals surface area contributed by atoms with E-state index in [9.17, 15) is 18.8 Å². The van der Waals surface area contributed by atoms with Crippen molar-refractivity contribution in [2.45, 2.75) is 19.9 Å². The van der Waals surface area contributed by atoms with Gasteiger partial charge in [0, 0.05) is 32.7 Å². The number of rotatable bonds is 4. The Morgan fingerprint density at radius 3 is 2.40 bits per heavy atom. The Labute approximate surface area is 146 Å². The summed E-state index contributed by atoms with van der Waals surface area (Å²) in [6.07, 6.45) is 0. The van der Waals surface area contributed by atoms with Gasteiger partial charge in [0.1, 0.15) is 5.82 Å². The van der Waals surface area contributed by atoms with Crippen molar-refractivity contribution in [2.75, 3.05) is 32.7 Å². The van der Waals surface area contributed by atoms with Crippen LogP contribution in [0.15, 0.2) is 24.3 Å². The molecular formula is C17H23FN4O3. The topological polar surface area (TPSA) is 81.8 Å². The summed E-state index contributed by atoms with van der Waals surface area (Å²) in [6.45, 7) is 5.65. The van der Waals surface area contributed by atoms with Crippen molar-refractivity contribution in [3.8, 4) is 0 Å². The van der Waals surface area contributed by atoms with Crippen LogP contribution in [0.3, 0.4) is 0 Å². The second kappa shape index (κ2) is 8.57. The van der Waals surface area contributed by atoms with Gasteiger partial charge in [-0.2, -0.15) is 0 Å². The van der Waals surface area contributed by atoms with E-state index in [1.807, 2.05) is 4.90 Å². The second-order valence-corrected chi connectivity index (χ2v) is 5.83. The average Bonchev–Trinajstić information content (AvgIpc) is 2.61. The minimum atomic E-state index is -0.537. The predicted octanol–water partition coefficient (Wildman–Crippen LogP) is 0.818. The molecule has 1 aromatic carbocycles. The summed E-state index contributed by atoms with van der Waals surface area (Å²) in [6, 6.07) is 4.88. The molecule has 0 spiro atoms. The van der Waals surface area contributed by atoms with E-state index >= 15 is 0 Å². The van der Waals surface area contributed by atoms with Crippen molar-refractivity contribution in [3.05, 3.63) is 35.6 Å². The molecule has 0 bridgehead atoms. The molecule has 0 aliphatic carbocycles. The largest absolute Gasteiger partial charge is 0.338 e. The summed E-state index contributed by atoms with van der Waals surface area (Å²) in [5.41, 5.74) is 0.0537. The Hall–Kier alpha value is -2.48. The fourth-order valence-corrected chi connectivity index (χ4v) is 2.70. The molecule has 4 amide bonds. The summed E-state index contributed by atoms with van der Waals surface area (Å²) >= 11 is 0. The lowest BCUT2D eigenvalue weighted by Gasteiger charge is -2.37. The molecule has 1 fully saturated rings. The third-order valence-electron chi connectivity index (χ3n) is 4.21. The lowest BCUT2D eigenvalue weighted by Crippen LogP contribution is -2.56. The molecular weight excluding hydrogens is 327 g/mol. The van der Waals surface area contributed by atoms with E-state index in [4.69, 9.17) is 0 Å². The number of amides is 4. The van der Waals surface area contributed by atoms with Gasteiger partial charge < -0.3 is 10.2 Å². The smallest absolute Gasteiger partial charge is 0.321 e. The fraction of sp³-hybridized carbons (Fsp3) is 0.471. The van der Waals surface area contributed by atoms with Crippen molar-refractivity contribution < 1.29 is 18.8 Å². The van der Waals surface area contributed by atoms with Crippen molar-refractivity contribution in [3.63, 3.8) is 0 Å². The number of nitrogens with one attached hydrogen (secondary N) is 2. The molecule has 1 aromatic rings. The molecule has 1 atom stereocenters. The third-order valence-corrected chi connectivity index (χ3v) is 4.21. The van der Waals surface area contributed by atoms with E-state index in [-0.39, 0.29) is 17.4 Å². The second-order valence-electron chi connectivity index (χ2n) is 5.83. The third kappa shape index (κ3) is 4.76. The highest BCUT2D eigenvalue weighted by atomic mass is 19.1. The van der Waals surface area contributed by atoms with Gasteiger partial charge in [-0.25, -0.2) is 9.18 Å². The highest BCUT2D eigenvalue weighted by Crippen LogP contribution is 2.13. The molecule has 136 valence electrons. The van der Waals surface area contributed by atoms with E-state index in [1.54, 1.807) is 30.9 Å². The van der Waals surface area contributed by atoms with Crippen LogP contribution in [0, 0.1) is 5.82 Å². The molecule has 2 N–H and O–H groups in total. The number of nitrogens with zero attached hydrogens (tertiary/aromatic N) is 2. The van der Waals surface area contributed by atoms with Crippen LogP contribution in [0.2, 0.25) is 0 Å². The Kier molecular flexibility index (Phi) is 6.46. The van der Waals surface area contributed by atoms with Crippen LogP contribution in [0.5, 0.6) is 0 Å². The lowest BCUT2D eigenvalue weighted by molar-refractivity contribution is -0.125. The van der Waals surface area contributed by atoms with Crippen LogP contribution in [0.25, 0.3) is 0 Å². The zero-order valence-corrected chi connectivity index (χ0v) is 14.4. The van der Waals surface area contributed by atoms with Crippen molar-refractivity contribution >= 4 is 17.8 Å². The van der Waals surface area contributed by atoms with Crippen LogP contribution < -0.4 is 10.6 Å². The van der Waals surface area contributed by atoms with Gasteiger partial charge >= 0.3 is 6.03 Å². The first-order valence-corrected chi connectivity index (χ1v) is 8.30. The maximum absolute atomic E-state index is 13.7. The molecule has 1 saturated heterocycles. The first kappa shape index (κ1) is 18.9. The van der Waals surface area contributed by atoms with Gasteiger partial charge in [-0.05, 0) is 26.0 Å². The SMILES string of the molecule is CCNC(=O)NC(=O)C(C)N1CCN(C(=O)c2ccccc2F)CC1. The predicted molar refractivity (Wildman–Crippen MR) is 90.6 cm³/mol. The molecule has 7 nitrogen and oxygen atoms in total. The fourth-order valence-electron chi connectivity index (χ4n) is 2.70. The summed E-state index contributed by atoms with van der Waals surface area (Å²) in [5.74, 6) is -1.28. The van der Waals surface area contributed by atoms with Crippen LogP contribution in [0.1, 0.15) is 24.2 Å². The van der Waals surface area contributed by atoms with Gasteiger partial charge in [0.2, 0.25) is 5.91 Å². The van der Waals surface area contributed by atoms with Gasteiger partial charge in [-0.3, -0.25) is 19.8 Å². The van der Waals surface area contributed by atoms with E-state index in [2.05, 4.69) is 10.6 Å². The zero-order chi connectivity index (χ0) is 18.4. The minimum Gasteiger partial charge on any atom is -0.338 e. The number of carbonyl (C=O) groups is 3. The molecule has 1 aliphatic heterocycles. The van der Waals surface area contributed by atoms with Crippen molar-refractivity contribution in [2.24, 2.45) is 0 Å². The van der Waals surface area contributed by atoms with Crippen molar-refractivity contribution in [1.29, 1.82) is 0 Å². The van der Waals surface area contributed by atoms with E-state index in [0.717, 1.165) is 0 Å². The summed E-state index contributed by atoms with van der Waals surface area (Å²) < 4.78 is 13.7. The zero-order valence-electron chi connectivity index (χ0n) is 14.4. The molecule has 25 heavy (non-hydrogen) atoms. The Bertz CT molecular complexity index is 645. The first-order chi connectivity index (χ1) is 11.9. The van der Waals surface area contributed by atoms with Gasteiger partial charge in [-0.15, -0.1) is 0 Å². The van der Waals surface area contributed by atoms with Gasteiger partial charge in [0.15, 0.2) is 0 Å². The number of benzene rings is 1. The number of hydrogen-bond acceptors (Lipinski definition) is 4. The Balaban J connectivity index is 1.88.